The molecule has 1 fully saturated rings. The van der Waals surface area contributed by atoms with Crippen LogP contribution in [0.4, 0.5) is 11.4 Å². The maximum atomic E-state index is 6.05. The molecule has 1 aromatic rings. The van der Waals surface area contributed by atoms with Crippen molar-refractivity contribution in [1.82, 2.24) is 0 Å². The molecule has 82 valence electrons. The van der Waals surface area contributed by atoms with Crippen LogP contribution in [0.2, 0.25) is 0 Å². The van der Waals surface area contributed by atoms with Crippen molar-refractivity contribution < 1.29 is 0 Å². The third-order valence-electron chi connectivity index (χ3n) is 3.38. The lowest BCUT2D eigenvalue weighted by molar-refractivity contribution is 0.518. The second kappa shape index (κ2) is 3.44. The largest absolute Gasteiger partial charge is 0.397 e. The smallest absolute Gasteiger partial charge is 0.0607 e. The average Bonchev–Trinajstić information content (AvgIpc) is 2.50. The van der Waals surface area contributed by atoms with Crippen LogP contribution >= 0.6 is 0 Å². The van der Waals surface area contributed by atoms with Gasteiger partial charge in [0.25, 0.3) is 0 Å². The van der Waals surface area contributed by atoms with E-state index in [4.69, 9.17) is 5.73 Å². The molecule has 1 aromatic carbocycles. The lowest BCUT2D eigenvalue weighted by atomic mass is 10.0. The van der Waals surface area contributed by atoms with Crippen LogP contribution in [0, 0.1) is 6.92 Å². The molecule has 2 N–H and O–H groups in total. The summed E-state index contributed by atoms with van der Waals surface area (Å²) in [6.07, 6.45) is 2.51. The highest BCUT2D eigenvalue weighted by atomic mass is 15.2. The van der Waals surface area contributed by atoms with Crippen molar-refractivity contribution in [3.8, 4) is 0 Å². The van der Waals surface area contributed by atoms with Gasteiger partial charge in [-0.25, -0.2) is 0 Å². The van der Waals surface area contributed by atoms with Gasteiger partial charge in [0.15, 0.2) is 0 Å². The fraction of sp³-hybridized carbons (Fsp3) is 0.538. The number of benzene rings is 1. The van der Waals surface area contributed by atoms with E-state index in [2.05, 4.69) is 37.8 Å². The molecule has 0 bridgehead atoms. The molecule has 0 radical (unpaired) electrons. The SMILES string of the molecule is Cc1ccc(N)c(N2CCCC2(C)C)c1. The third-order valence-corrected chi connectivity index (χ3v) is 3.38. The second-order valence-electron chi connectivity index (χ2n) is 5.13. The molecule has 0 saturated carbocycles. The van der Waals surface area contributed by atoms with Crippen molar-refractivity contribution in [1.29, 1.82) is 0 Å². The summed E-state index contributed by atoms with van der Waals surface area (Å²) in [7, 11) is 0. The van der Waals surface area contributed by atoms with Gasteiger partial charge in [-0.15, -0.1) is 0 Å². The maximum absolute atomic E-state index is 6.05. The van der Waals surface area contributed by atoms with Gasteiger partial charge in [0.2, 0.25) is 0 Å². The third kappa shape index (κ3) is 1.81. The van der Waals surface area contributed by atoms with Gasteiger partial charge < -0.3 is 10.6 Å². The Bertz CT molecular complexity index is 369. The summed E-state index contributed by atoms with van der Waals surface area (Å²) < 4.78 is 0. The molecule has 0 atom stereocenters. The minimum atomic E-state index is 0.252. The molecular weight excluding hydrogens is 184 g/mol. The van der Waals surface area contributed by atoms with Gasteiger partial charge in [0.05, 0.1) is 11.4 Å². The molecule has 0 aromatic heterocycles. The maximum Gasteiger partial charge on any atom is 0.0607 e. The minimum absolute atomic E-state index is 0.252. The molecule has 1 aliphatic heterocycles. The van der Waals surface area contributed by atoms with Crippen molar-refractivity contribution in [2.24, 2.45) is 0 Å². The van der Waals surface area contributed by atoms with E-state index >= 15 is 0 Å². The Morgan fingerprint density at radius 2 is 2.07 bits per heavy atom. The number of nitrogens with two attached hydrogens (primary N) is 1. The average molecular weight is 204 g/mol. The minimum Gasteiger partial charge on any atom is -0.397 e. The molecule has 1 saturated heterocycles. The number of nitrogen functional groups attached to an aromatic ring is 1. The van der Waals surface area contributed by atoms with Gasteiger partial charge in [0.1, 0.15) is 0 Å². The predicted molar refractivity (Wildman–Crippen MR) is 66.3 cm³/mol. The van der Waals surface area contributed by atoms with Gasteiger partial charge in [-0.3, -0.25) is 0 Å². The van der Waals surface area contributed by atoms with E-state index in [9.17, 15) is 0 Å². The first kappa shape index (κ1) is 10.3. The van der Waals surface area contributed by atoms with E-state index in [0.29, 0.717) is 0 Å². The van der Waals surface area contributed by atoms with Crippen LogP contribution in [0.1, 0.15) is 32.3 Å². The van der Waals surface area contributed by atoms with Gasteiger partial charge >= 0.3 is 0 Å². The number of nitrogens with zero attached hydrogens (tertiary/aromatic N) is 1. The van der Waals surface area contributed by atoms with E-state index < -0.39 is 0 Å². The highest BCUT2D eigenvalue weighted by Crippen LogP contribution is 2.36. The summed E-state index contributed by atoms with van der Waals surface area (Å²) in [4.78, 5) is 2.44. The zero-order chi connectivity index (χ0) is 11.1. The van der Waals surface area contributed by atoms with Gasteiger partial charge in [-0.1, -0.05) is 6.07 Å². The molecule has 2 rings (SSSR count). The van der Waals surface area contributed by atoms with Crippen molar-refractivity contribution in [3.63, 3.8) is 0 Å². The Balaban J connectivity index is 2.40. The molecule has 2 heteroatoms. The first-order valence-corrected chi connectivity index (χ1v) is 5.64. The molecule has 0 spiro atoms. The van der Waals surface area contributed by atoms with E-state index in [1.165, 1.54) is 24.1 Å². The Labute approximate surface area is 92.1 Å². The van der Waals surface area contributed by atoms with Gasteiger partial charge in [-0.2, -0.15) is 0 Å². The number of hydrogen-bond acceptors (Lipinski definition) is 2. The lowest BCUT2D eigenvalue weighted by Gasteiger charge is -2.34. The topological polar surface area (TPSA) is 29.3 Å². The summed E-state index contributed by atoms with van der Waals surface area (Å²) in [6.45, 7) is 7.83. The predicted octanol–water partition coefficient (Wildman–Crippen LogP) is 2.96. The van der Waals surface area contributed by atoms with E-state index in [0.717, 1.165) is 12.2 Å². The van der Waals surface area contributed by atoms with Gasteiger partial charge in [0, 0.05) is 12.1 Å². The van der Waals surface area contributed by atoms with Crippen LogP contribution in [-0.2, 0) is 0 Å². The molecule has 1 heterocycles. The van der Waals surface area contributed by atoms with Crippen molar-refractivity contribution >= 4 is 11.4 Å². The number of rotatable bonds is 1. The zero-order valence-corrected chi connectivity index (χ0v) is 9.88. The molecule has 0 amide bonds. The van der Waals surface area contributed by atoms with Crippen LogP contribution < -0.4 is 10.6 Å². The number of anilines is 2. The zero-order valence-electron chi connectivity index (χ0n) is 9.88. The van der Waals surface area contributed by atoms with Crippen LogP contribution in [0.5, 0.6) is 0 Å². The normalized spacial score (nSPS) is 19.5. The molecule has 1 aliphatic rings. The van der Waals surface area contributed by atoms with Gasteiger partial charge in [-0.05, 0) is 51.3 Å². The fourth-order valence-corrected chi connectivity index (χ4v) is 2.44. The standard InChI is InChI=1S/C13H20N2/c1-10-5-6-11(14)12(9-10)15-8-4-7-13(15,2)3/h5-6,9H,4,7-8,14H2,1-3H3. The Kier molecular flexibility index (Phi) is 2.37. The van der Waals surface area contributed by atoms with Crippen molar-refractivity contribution in [3.05, 3.63) is 23.8 Å². The number of hydrogen-bond donors (Lipinski definition) is 1. The quantitative estimate of drug-likeness (QED) is 0.713. The second-order valence-corrected chi connectivity index (χ2v) is 5.13. The van der Waals surface area contributed by atoms with E-state index in [1.54, 1.807) is 0 Å². The lowest BCUT2D eigenvalue weighted by Crippen LogP contribution is -2.38. The highest BCUT2D eigenvalue weighted by molar-refractivity contribution is 5.70. The first-order valence-electron chi connectivity index (χ1n) is 5.64. The Morgan fingerprint density at radius 3 is 2.67 bits per heavy atom. The van der Waals surface area contributed by atoms with Crippen molar-refractivity contribution in [2.75, 3.05) is 17.2 Å². The summed E-state index contributed by atoms with van der Waals surface area (Å²) in [5.41, 5.74) is 9.68. The summed E-state index contributed by atoms with van der Waals surface area (Å²) >= 11 is 0. The van der Waals surface area contributed by atoms with Crippen LogP contribution in [0.15, 0.2) is 18.2 Å². The molecular formula is C13H20N2. The molecule has 0 aliphatic carbocycles. The van der Waals surface area contributed by atoms with Crippen LogP contribution in [0.3, 0.4) is 0 Å². The first-order chi connectivity index (χ1) is 7.00. The van der Waals surface area contributed by atoms with E-state index in [1.807, 2.05) is 6.07 Å². The summed E-state index contributed by atoms with van der Waals surface area (Å²) in [5, 5.41) is 0. The Hall–Kier alpha value is -1.18. The Morgan fingerprint density at radius 1 is 1.33 bits per heavy atom. The summed E-state index contributed by atoms with van der Waals surface area (Å²) in [5.74, 6) is 0. The van der Waals surface area contributed by atoms with Crippen LogP contribution in [-0.4, -0.2) is 12.1 Å². The van der Waals surface area contributed by atoms with E-state index in [-0.39, 0.29) is 5.54 Å². The highest BCUT2D eigenvalue weighted by Gasteiger charge is 2.32. The molecule has 15 heavy (non-hydrogen) atoms. The van der Waals surface area contributed by atoms with Crippen LogP contribution in [0.25, 0.3) is 0 Å². The number of aryl methyl sites for hydroxylation is 1. The summed E-state index contributed by atoms with van der Waals surface area (Å²) in [6, 6.07) is 6.28. The molecule has 2 nitrogen and oxygen atoms in total. The van der Waals surface area contributed by atoms with Crippen molar-refractivity contribution in [2.45, 2.75) is 39.2 Å². The molecule has 0 unspecified atom stereocenters. The monoisotopic (exact) mass is 204 g/mol. The fourth-order valence-electron chi connectivity index (χ4n) is 2.44.